The van der Waals surface area contributed by atoms with Gasteiger partial charge in [0.2, 0.25) is 0 Å². The molecule has 0 atom stereocenters. The lowest BCUT2D eigenvalue weighted by Gasteiger charge is -2.18. The molecule has 0 heterocycles. The molecule has 3 aromatic rings. The Morgan fingerprint density at radius 3 is 2.30 bits per heavy atom. The zero-order valence-corrected chi connectivity index (χ0v) is 17.5. The lowest BCUT2D eigenvalue weighted by atomic mass is 10.1. The highest BCUT2D eigenvalue weighted by atomic mass is 16.1. The number of carbonyl (C=O) groups excluding carboxylic acids is 1. The minimum Gasteiger partial charge on any atom is -0.398 e. The average Bonchev–Trinajstić information content (AvgIpc) is 2.78. The second-order valence-electron chi connectivity index (χ2n) is 7.59. The molecular formula is C25H30N4O. The number of likely N-dealkylation sites (N-methyl/N-ethyl adjacent to an activating group) is 1. The number of hydrogen-bond donors (Lipinski definition) is 3. The van der Waals surface area contributed by atoms with E-state index in [1.165, 1.54) is 5.56 Å². The first-order valence-corrected chi connectivity index (χ1v) is 10.2. The molecule has 30 heavy (non-hydrogen) atoms. The van der Waals surface area contributed by atoms with E-state index in [-0.39, 0.29) is 5.91 Å². The Labute approximate surface area is 178 Å². The van der Waals surface area contributed by atoms with Crippen molar-refractivity contribution >= 4 is 11.6 Å². The molecule has 5 N–H and O–H groups in total. The highest BCUT2D eigenvalue weighted by Crippen LogP contribution is 2.17. The van der Waals surface area contributed by atoms with Crippen molar-refractivity contribution in [3.63, 3.8) is 0 Å². The third-order valence-corrected chi connectivity index (χ3v) is 5.19. The predicted molar refractivity (Wildman–Crippen MR) is 123 cm³/mol. The number of nitrogens with one attached hydrogen (secondary N) is 1. The van der Waals surface area contributed by atoms with Gasteiger partial charge in [0.15, 0.2) is 0 Å². The maximum absolute atomic E-state index is 12.5. The number of rotatable bonds is 9. The molecule has 1 amide bonds. The maximum Gasteiger partial charge on any atom is 0.251 e. The van der Waals surface area contributed by atoms with Gasteiger partial charge in [-0.2, -0.15) is 0 Å². The average molecular weight is 403 g/mol. The van der Waals surface area contributed by atoms with E-state index in [1.54, 1.807) is 6.07 Å². The lowest BCUT2D eigenvalue weighted by molar-refractivity contribution is 0.0951. The second kappa shape index (κ2) is 10.6. The van der Waals surface area contributed by atoms with Crippen LogP contribution >= 0.6 is 0 Å². The molecule has 3 aromatic carbocycles. The van der Waals surface area contributed by atoms with Crippen LogP contribution in [-0.4, -0.2) is 24.4 Å². The van der Waals surface area contributed by atoms with Gasteiger partial charge in [-0.25, -0.2) is 0 Å². The molecule has 3 rings (SSSR count). The Hall–Kier alpha value is -3.15. The van der Waals surface area contributed by atoms with E-state index in [0.717, 1.165) is 36.2 Å². The molecular weight excluding hydrogens is 372 g/mol. The second-order valence-corrected chi connectivity index (χ2v) is 7.59. The van der Waals surface area contributed by atoms with Gasteiger partial charge < -0.3 is 21.7 Å². The van der Waals surface area contributed by atoms with E-state index in [4.69, 9.17) is 11.5 Å². The predicted octanol–water partition coefficient (Wildman–Crippen LogP) is 3.33. The van der Waals surface area contributed by atoms with E-state index < -0.39 is 0 Å². The summed E-state index contributed by atoms with van der Waals surface area (Å²) in [5.41, 5.74) is 17.5. The highest BCUT2D eigenvalue weighted by molar-refractivity contribution is 5.95. The van der Waals surface area contributed by atoms with Gasteiger partial charge in [0.05, 0.1) is 0 Å². The minimum absolute atomic E-state index is 0.131. The van der Waals surface area contributed by atoms with Crippen LogP contribution in [0.15, 0.2) is 72.8 Å². The summed E-state index contributed by atoms with van der Waals surface area (Å²) in [6, 6.07) is 23.9. The van der Waals surface area contributed by atoms with Crippen LogP contribution in [-0.2, 0) is 26.1 Å². The summed E-state index contributed by atoms with van der Waals surface area (Å²) in [6.45, 7) is 2.66. The van der Waals surface area contributed by atoms with Crippen molar-refractivity contribution in [3.8, 4) is 0 Å². The highest BCUT2D eigenvalue weighted by Gasteiger charge is 2.10. The molecule has 0 saturated carbocycles. The van der Waals surface area contributed by atoms with E-state index in [1.807, 2.05) is 42.5 Å². The molecule has 0 saturated heterocycles. The Morgan fingerprint density at radius 2 is 1.63 bits per heavy atom. The Bertz CT molecular complexity index is 955. The van der Waals surface area contributed by atoms with Crippen LogP contribution in [0.2, 0.25) is 0 Å². The molecule has 0 aromatic heterocycles. The number of amides is 1. The van der Waals surface area contributed by atoms with Gasteiger partial charge in [0, 0.05) is 37.4 Å². The maximum atomic E-state index is 12.5. The zero-order valence-electron chi connectivity index (χ0n) is 17.5. The molecule has 5 heteroatoms. The van der Waals surface area contributed by atoms with Gasteiger partial charge in [-0.15, -0.1) is 0 Å². The summed E-state index contributed by atoms with van der Waals surface area (Å²) in [7, 11) is 2.08. The van der Waals surface area contributed by atoms with Crippen LogP contribution in [0.25, 0.3) is 0 Å². The quantitative estimate of drug-likeness (QED) is 0.479. The number of benzene rings is 3. The van der Waals surface area contributed by atoms with Gasteiger partial charge in [-0.1, -0.05) is 60.7 Å². The fourth-order valence-corrected chi connectivity index (χ4v) is 3.29. The first-order valence-electron chi connectivity index (χ1n) is 10.2. The topological polar surface area (TPSA) is 84.4 Å². The van der Waals surface area contributed by atoms with Crippen LogP contribution in [0.4, 0.5) is 5.69 Å². The van der Waals surface area contributed by atoms with Crippen molar-refractivity contribution in [3.05, 3.63) is 101 Å². The van der Waals surface area contributed by atoms with E-state index in [2.05, 4.69) is 41.5 Å². The first kappa shape index (κ1) is 21.6. The van der Waals surface area contributed by atoms with Crippen molar-refractivity contribution in [1.82, 2.24) is 10.2 Å². The van der Waals surface area contributed by atoms with Crippen molar-refractivity contribution < 1.29 is 4.79 Å². The molecule has 0 spiro atoms. The number of anilines is 1. The van der Waals surface area contributed by atoms with E-state index in [0.29, 0.717) is 24.3 Å². The van der Waals surface area contributed by atoms with Crippen LogP contribution in [0.3, 0.4) is 0 Å². The summed E-state index contributed by atoms with van der Waals surface area (Å²) in [5, 5.41) is 2.94. The van der Waals surface area contributed by atoms with Crippen LogP contribution in [0.1, 0.15) is 32.6 Å². The first-order chi connectivity index (χ1) is 14.5. The van der Waals surface area contributed by atoms with E-state index in [9.17, 15) is 4.79 Å². The summed E-state index contributed by atoms with van der Waals surface area (Å²) >= 11 is 0. The Morgan fingerprint density at radius 1 is 0.933 bits per heavy atom. The number of nitrogens with two attached hydrogens (primary N) is 2. The summed E-state index contributed by atoms with van der Waals surface area (Å²) in [4.78, 5) is 14.7. The van der Waals surface area contributed by atoms with Gasteiger partial charge in [0.25, 0.3) is 5.91 Å². The van der Waals surface area contributed by atoms with E-state index >= 15 is 0 Å². The molecule has 0 aliphatic heterocycles. The smallest absolute Gasteiger partial charge is 0.251 e. The molecule has 5 nitrogen and oxygen atoms in total. The van der Waals surface area contributed by atoms with Gasteiger partial charge in [-0.3, -0.25) is 4.79 Å². The van der Waals surface area contributed by atoms with Crippen LogP contribution < -0.4 is 16.8 Å². The third-order valence-electron chi connectivity index (χ3n) is 5.19. The fraction of sp³-hybridized carbons (Fsp3) is 0.240. The zero-order chi connectivity index (χ0) is 21.3. The number of carbonyl (C=O) groups is 1. The monoisotopic (exact) mass is 402 g/mol. The van der Waals surface area contributed by atoms with Crippen molar-refractivity contribution in [2.24, 2.45) is 5.73 Å². The number of nitrogens with zero attached hydrogens (tertiary/aromatic N) is 1. The van der Waals surface area contributed by atoms with Gasteiger partial charge in [-0.05, 0) is 47.9 Å². The fourth-order valence-electron chi connectivity index (χ4n) is 3.29. The van der Waals surface area contributed by atoms with Gasteiger partial charge in [0.1, 0.15) is 0 Å². The number of hydrogen-bond acceptors (Lipinski definition) is 4. The molecule has 0 radical (unpaired) electrons. The van der Waals surface area contributed by atoms with Crippen LogP contribution in [0.5, 0.6) is 0 Å². The van der Waals surface area contributed by atoms with Crippen molar-refractivity contribution in [1.29, 1.82) is 0 Å². The normalized spacial score (nSPS) is 10.9. The Kier molecular flexibility index (Phi) is 7.60. The molecule has 156 valence electrons. The minimum atomic E-state index is -0.131. The summed E-state index contributed by atoms with van der Waals surface area (Å²) < 4.78 is 0. The van der Waals surface area contributed by atoms with Crippen LogP contribution in [0, 0.1) is 0 Å². The van der Waals surface area contributed by atoms with Crippen molar-refractivity contribution in [2.75, 3.05) is 19.3 Å². The molecule has 0 bridgehead atoms. The number of nitrogen functional groups attached to an aromatic ring is 1. The molecule has 0 unspecified atom stereocenters. The molecule has 0 aliphatic rings. The largest absolute Gasteiger partial charge is 0.398 e. The van der Waals surface area contributed by atoms with Crippen molar-refractivity contribution in [2.45, 2.75) is 26.1 Å². The van der Waals surface area contributed by atoms with Gasteiger partial charge >= 0.3 is 0 Å². The summed E-state index contributed by atoms with van der Waals surface area (Å²) in [6.07, 6.45) is 0.990. The summed E-state index contributed by atoms with van der Waals surface area (Å²) in [5.74, 6) is -0.131. The Balaban J connectivity index is 1.52. The SMILES string of the molecule is CN(CCc1ccccc1)Cc1ccc(C(=O)NCc2ccc(CN)cc2)cc1N. The standard InChI is InChI=1S/C25H30N4O/c1-29(14-13-19-5-3-2-4-6-19)18-23-12-11-22(15-24(23)27)25(30)28-17-21-9-7-20(16-26)8-10-21/h2-12,15H,13-14,16-18,26-27H2,1H3,(H,28,30). The third kappa shape index (κ3) is 6.17. The molecule has 0 fully saturated rings. The lowest BCUT2D eigenvalue weighted by Crippen LogP contribution is -2.24. The molecule has 0 aliphatic carbocycles.